The molecule has 2 heterocycles. The Morgan fingerprint density at radius 2 is 1.93 bits per heavy atom. The van der Waals surface area contributed by atoms with Gasteiger partial charge in [0.15, 0.2) is 5.84 Å². The van der Waals surface area contributed by atoms with Gasteiger partial charge in [0.1, 0.15) is 0 Å². The number of rotatable bonds is 5. The zero-order valence-electron chi connectivity index (χ0n) is 16.0. The first-order valence-corrected chi connectivity index (χ1v) is 11.1. The molecule has 0 saturated heterocycles. The fourth-order valence-electron chi connectivity index (χ4n) is 3.20. The normalized spacial score (nSPS) is 20.8. The number of hydrogen-bond acceptors (Lipinski definition) is 5. The van der Waals surface area contributed by atoms with E-state index < -0.39 is 15.9 Å². The van der Waals surface area contributed by atoms with E-state index in [2.05, 4.69) is 15.0 Å². The topological polar surface area (TPSA) is 108 Å². The molecule has 0 bridgehead atoms. The smallest absolute Gasteiger partial charge is 0.256 e. The van der Waals surface area contributed by atoms with Crippen molar-refractivity contribution in [3.8, 4) is 0 Å². The maximum Gasteiger partial charge on any atom is 0.256 e. The van der Waals surface area contributed by atoms with Crippen molar-refractivity contribution in [1.82, 2.24) is 10.2 Å². The van der Waals surface area contributed by atoms with Crippen LogP contribution in [0, 0.1) is 5.92 Å². The molecule has 4 rings (SSSR count). The van der Waals surface area contributed by atoms with Crippen LogP contribution in [0.3, 0.4) is 0 Å². The van der Waals surface area contributed by atoms with Crippen molar-refractivity contribution in [3.63, 3.8) is 0 Å². The number of carbonyl (C=O) groups excluding carboxylic acids is 2. The molecule has 9 heteroatoms. The van der Waals surface area contributed by atoms with E-state index in [1.165, 1.54) is 0 Å². The lowest BCUT2D eigenvalue weighted by Crippen LogP contribution is -2.42. The molecule has 29 heavy (non-hydrogen) atoms. The summed E-state index contributed by atoms with van der Waals surface area (Å²) in [5.74, 6) is -0.133. The van der Waals surface area contributed by atoms with Gasteiger partial charge in [0.2, 0.25) is 5.91 Å². The summed E-state index contributed by atoms with van der Waals surface area (Å²) in [5.41, 5.74) is 1.81. The predicted octanol–water partition coefficient (Wildman–Crippen LogP) is 1.71. The minimum Gasteiger partial charge on any atom is -0.345 e. The maximum atomic E-state index is 12.8. The van der Waals surface area contributed by atoms with Crippen LogP contribution in [0.5, 0.6) is 0 Å². The number of allylic oxidation sites excluding steroid dienone is 2. The van der Waals surface area contributed by atoms with Crippen LogP contribution in [0.25, 0.3) is 0 Å². The van der Waals surface area contributed by atoms with Gasteiger partial charge in [-0.25, -0.2) is 8.42 Å². The number of carbonyl (C=O) groups is 2. The summed E-state index contributed by atoms with van der Waals surface area (Å²) in [6.45, 7) is 2.11. The Bertz CT molecular complexity index is 1040. The van der Waals surface area contributed by atoms with E-state index in [1.807, 2.05) is 19.1 Å². The highest BCUT2D eigenvalue weighted by atomic mass is 32.2. The predicted molar refractivity (Wildman–Crippen MR) is 110 cm³/mol. The molecule has 152 valence electrons. The highest BCUT2D eigenvalue weighted by Crippen LogP contribution is 2.30. The van der Waals surface area contributed by atoms with Crippen LogP contribution in [0.4, 0.5) is 5.69 Å². The number of hydrogen-bond donors (Lipinski definition) is 2. The second-order valence-corrected chi connectivity index (χ2v) is 9.15. The third-order valence-corrected chi connectivity index (χ3v) is 6.23. The summed E-state index contributed by atoms with van der Waals surface area (Å²) in [6, 6.07) is 6.99. The zero-order chi connectivity index (χ0) is 20.6. The molecule has 1 aromatic carbocycles. The summed E-state index contributed by atoms with van der Waals surface area (Å²) in [4.78, 5) is 26.3. The van der Waals surface area contributed by atoms with Crippen LogP contribution in [0.1, 0.15) is 31.4 Å². The van der Waals surface area contributed by atoms with Crippen LogP contribution >= 0.6 is 0 Å². The maximum absolute atomic E-state index is 12.8. The Hall–Kier alpha value is -2.94. The van der Waals surface area contributed by atoms with Gasteiger partial charge in [0, 0.05) is 24.4 Å². The van der Waals surface area contributed by atoms with E-state index in [0.717, 1.165) is 24.1 Å². The van der Waals surface area contributed by atoms with Crippen LogP contribution in [0.15, 0.2) is 52.6 Å². The van der Waals surface area contributed by atoms with Crippen molar-refractivity contribution in [3.05, 3.63) is 53.8 Å². The first-order valence-electron chi connectivity index (χ1n) is 9.52. The monoisotopic (exact) mass is 414 g/mol. The molecular formula is C20H22N4O4S. The Kier molecular flexibility index (Phi) is 4.99. The van der Waals surface area contributed by atoms with Crippen molar-refractivity contribution in [1.29, 1.82) is 0 Å². The van der Waals surface area contributed by atoms with Crippen LogP contribution in [0.2, 0.25) is 0 Å². The number of sulfonamides is 1. The third-order valence-electron chi connectivity index (χ3n) is 5.08. The summed E-state index contributed by atoms with van der Waals surface area (Å²) < 4.78 is 27.5. The lowest BCUT2D eigenvalue weighted by Gasteiger charge is -2.29. The Labute approximate surface area is 169 Å². The molecule has 0 radical (unpaired) electrons. The van der Waals surface area contributed by atoms with Crippen molar-refractivity contribution in [2.45, 2.75) is 25.8 Å². The van der Waals surface area contributed by atoms with Crippen molar-refractivity contribution in [2.24, 2.45) is 10.3 Å². The van der Waals surface area contributed by atoms with Gasteiger partial charge in [-0.2, -0.15) is 0 Å². The number of nitrogens with one attached hydrogen (secondary N) is 2. The Balaban J connectivity index is 1.43. The number of anilines is 1. The molecule has 8 nitrogen and oxygen atoms in total. The molecule has 1 aromatic rings. The quantitative estimate of drug-likeness (QED) is 0.763. The van der Waals surface area contributed by atoms with Gasteiger partial charge in [-0.3, -0.25) is 9.59 Å². The van der Waals surface area contributed by atoms with Gasteiger partial charge in [-0.1, -0.05) is 12.1 Å². The minimum atomic E-state index is -3.56. The highest BCUT2D eigenvalue weighted by molar-refractivity contribution is 7.90. The number of nitrogens with zero attached hydrogens (tertiary/aromatic N) is 2. The average molecular weight is 414 g/mol. The minimum absolute atomic E-state index is 0.0455. The lowest BCUT2D eigenvalue weighted by molar-refractivity contribution is -0.118. The van der Waals surface area contributed by atoms with Gasteiger partial charge >= 0.3 is 0 Å². The first-order chi connectivity index (χ1) is 13.8. The van der Waals surface area contributed by atoms with E-state index >= 15 is 0 Å². The fraction of sp³-hybridized carbons (Fsp3) is 0.350. The van der Waals surface area contributed by atoms with Crippen molar-refractivity contribution in [2.75, 3.05) is 17.6 Å². The third kappa shape index (κ3) is 4.40. The Morgan fingerprint density at radius 1 is 1.21 bits per heavy atom. The molecule has 1 aliphatic carbocycles. The van der Waals surface area contributed by atoms with E-state index in [1.54, 1.807) is 35.4 Å². The van der Waals surface area contributed by atoms with Crippen molar-refractivity contribution >= 4 is 33.4 Å². The lowest BCUT2D eigenvalue weighted by atomic mass is 10.1. The van der Waals surface area contributed by atoms with E-state index in [9.17, 15) is 18.0 Å². The molecule has 2 aliphatic heterocycles. The molecule has 0 spiro atoms. The summed E-state index contributed by atoms with van der Waals surface area (Å²) in [6.07, 6.45) is 6.87. The largest absolute Gasteiger partial charge is 0.345 e. The first kappa shape index (κ1) is 19.4. The highest BCUT2D eigenvalue weighted by Gasteiger charge is 2.31. The number of amidine groups is 1. The Morgan fingerprint density at radius 3 is 2.62 bits per heavy atom. The SMILES string of the molecule is CC(NC(=O)C1=CC=CN2CCS(=O)(=O)N=C12)c1ccc(NC(=O)C2CC2)cc1. The molecular weight excluding hydrogens is 392 g/mol. The molecule has 3 aliphatic rings. The molecule has 1 atom stereocenters. The average Bonchev–Trinajstić information content (AvgIpc) is 3.52. The standard InChI is InChI=1S/C20H22N4O4S/c1-13(14-6-8-16(9-7-14)22-19(25)15-4-5-15)21-20(26)17-3-2-10-24-11-12-29(27,28)23-18(17)24/h2-3,6-10,13,15H,4-5,11-12H2,1H3,(H,21,26)(H,22,25). The van der Waals surface area contributed by atoms with Crippen LogP contribution < -0.4 is 10.6 Å². The van der Waals surface area contributed by atoms with E-state index in [0.29, 0.717) is 0 Å². The van der Waals surface area contributed by atoms with Crippen molar-refractivity contribution < 1.29 is 18.0 Å². The second kappa shape index (κ2) is 7.47. The molecule has 1 fully saturated rings. The molecule has 1 saturated carbocycles. The van der Waals surface area contributed by atoms with E-state index in [-0.39, 0.29) is 41.6 Å². The summed E-state index contributed by atoms with van der Waals surface area (Å²) in [5, 5.41) is 5.76. The molecule has 2 N–H and O–H groups in total. The number of benzene rings is 1. The van der Waals surface area contributed by atoms with Crippen LogP contribution in [-0.2, 0) is 19.6 Å². The zero-order valence-corrected chi connectivity index (χ0v) is 16.8. The van der Waals surface area contributed by atoms with E-state index in [4.69, 9.17) is 0 Å². The van der Waals surface area contributed by atoms with Crippen LogP contribution in [-0.4, -0.2) is 43.3 Å². The number of amides is 2. The van der Waals surface area contributed by atoms with Gasteiger partial charge < -0.3 is 15.5 Å². The van der Waals surface area contributed by atoms with Gasteiger partial charge in [0.05, 0.1) is 17.4 Å². The summed E-state index contributed by atoms with van der Waals surface area (Å²) in [7, 11) is -3.56. The molecule has 0 aromatic heterocycles. The number of fused-ring (bicyclic) bond motifs is 1. The second-order valence-electron chi connectivity index (χ2n) is 7.40. The van der Waals surface area contributed by atoms with Gasteiger partial charge in [-0.15, -0.1) is 4.40 Å². The van der Waals surface area contributed by atoms with Gasteiger partial charge in [0.25, 0.3) is 15.9 Å². The molecule has 2 amide bonds. The van der Waals surface area contributed by atoms with Gasteiger partial charge in [-0.05, 0) is 49.6 Å². The summed E-state index contributed by atoms with van der Waals surface area (Å²) >= 11 is 0. The molecule has 1 unspecified atom stereocenters. The fourth-order valence-corrected chi connectivity index (χ4v) is 4.18.